The molecule has 1 aliphatic heterocycles. The van der Waals surface area contributed by atoms with Crippen LogP contribution in [0, 0.1) is 17.7 Å². The summed E-state index contributed by atoms with van der Waals surface area (Å²) in [6.45, 7) is 1.67. The van der Waals surface area contributed by atoms with Crippen LogP contribution in [0.25, 0.3) is 0 Å². The van der Waals surface area contributed by atoms with Gasteiger partial charge in [0, 0.05) is 18.8 Å². The van der Waals surface area contributed by atoms with Gasteiger partial charge in [-0.1, -0.05) is 6.42 Å². The molecule has 0 aromatic heterocycles. The molecule has 1 heterocycles. The van der Waals surface area contributed by atoms with E-state index in [2.05, 4.69) is 0 Å². The molecule has 18 heavy (non-hydrogen) atoms. The van der Waals surface area contributed by atoms with E-state index in [4.69, 9.17) is 5.73 Å². The largest absolute Gasteiger partial charge is 0.398 e. The molecule has 0 radical (unpaired) electrons. The summed E-state index contributed by atoms with van der Waals surface area (Å²) < 4.78 is 13.0. The molecule has 1 amide bonds. The number of rotatable bonds is 1. The van der Waals surface area contributed by atoms with Gasteiger partial charge in [0.15, 0.2) is 0 Å². The van der Waals surface area contributed by atoms with Crippen molar-refractivity contribution in [2.24, 2.45) is 11.8 Å². The minimum atomic E-state index is -0.401. The monoisotopic (exact) mass is 248 g/mol. The molecule has 3 nitrogen and oxygen atoms in total. The molecular weight excluding hydrogens is 231 g/mol. The summed E-state index contributed by atoms with van der Waals surface area (Å²) >= 11 is 0. The SMILES string of the molecule is Nc1cc(F)ccc1C(=O)N1CC2CCCC2C1. The van der Waals surface area contributed by atoms with Crippen LogP contribution in [0.4, 0.5) is 10.1 Å². The Bertz CT molecular complexity index is 477. The summed E-state index contributed by atoms with van der Waals surface area (Å²) in [5.41, 5.74) is 6.38. The van der Waals surface area contributed by atoms with Gasteiger partial charge >= 0.3 is 0 Å². The Morgan fingerprint density at radius 3 is 2.56 bits per heavy atom. The first-order valence-corrected chi connectivity index (χ1v) is 6.49. The number of carbonyl (C=O) groups excluding carboxylic acids is 1. The number of carbonyl (C=O) groups is 1. The normalized spacial score (nSPS) is 26.4. The van der Waals surface area contributed by atoms with Gasteiger partial charge in [-0.3, -0.25) is 4.79 Å². The maximum absolute atomic E-state index is 13.0. The van der Waals surface area contributed by atoms with Crippen LogP contribution in [0.5, 0.6) is 0 Å². The standard InChI is InChI=1S/C14H17FN2O/c15-11-4-5-12(13(16)6-11)14(18)17-7-9-2-1-3-10(9)8-17/h4-6,9-10H,1-3,7-8,16H2. The molecule has 4 heteroatoms. The van der Waals surface area contributed by atoms with Gasteiger partial charge in [-0.15, -0.1) is 0 Å². The summed E-state index contributed by atoms with van der Waals surface area (Å²) in [5.74, 6) is 0.871. The van der Waals surface area contributed by atoms with E-state index in [1.165, 1.54) is 37.5 Å². The second-order valence-corrected chi connectivity index (χ2v) is 5.39. The smallest absolute Gasteiger partial charge is 0.255 e. The van der Waals surface area contributed by atoms with E-state index < -0.39 is 5.82 Å². The van der Waals surface area contributed by atoms with Gasteiger partial charge in [0.2, 0.25) is 0 Å². The number of likely N-dealkylation sites (tertiary alicyclic amines) is 1. The zero-order chi connectivity index (χ0) is 12.7. The van der Waals surface area contributed by atoms with Crippen LogP contribution in [0.3, 0.4) is 0 Å². The molecule has 3 rings (SSSR count). The van der Waals surface area contributed by atoms with E-state index in [0.717, 1.165) is 13.1 Å². The molecule has 2 fully saturated rings. The second-order valence-electron chi connectivity index (χ2n) is 5.39. The first-order chi connectivity index (χ1) is 8.65. The van der Waals surface area contributed by atoms with E-state index in [9.17, 15) is 9.18 Å². The lowest BCUT2D eigenvalue weighted by molar-refractivity contribution is 0.0781. The summed E-state index contributed by atoms with van der Waals surface area (Å²) in [5, 5.41) is 0. The van der Waals surface area contributed by atoms with Crippen molar-refractivity contribution < 1.29 is 9.18 Å². The van der Waals surface area contributed by atoms with Gasteiger partial charge in [0.25, 0.3) is 5.91 Å². The van der Waals surface area contributed by atoms with Gasteiger partial charge in [-0.05, 0) is 42.9 Å². The number of halogens is 1. The fourth-order valence-electron chi connectivity index (χ4n) is 3.30. The number of nitrogens with zero attached hydrogens (tertiary/aromatic N) is 1. The molecule has 0 bridgehead atoms. The maximum atomic E-state index is 13.0. The molecule has 1 saturated heterocycles. The molecule has 1 aliphatic carbocycles. The predicted molar refractivity (Wildman–Crippen MR) is 67.5 cm³/mol. The molecule has 2 atom stereocenters. The lowest BCUT2D eigenvalue weighted by atomic mass is 10.0. The number of amides is 1. The number of nitrogen functional groups attached to an aromatic ring is 1. The van der Waals surface area contributed by atoms with Crippen LogP contribution in [0.15, 0.2) is 18.2 Å². The van der Waals surface area contributed by atoms with E-state index in [-0.39, 0.29) is 11.6 Å². The minimum Gasteiger partial charge on any atom is -0.398 e. The Hall–Kier alpha value is -1.58. The highest BCUT2D eigenvalue weighted by molar-refractivity contribution is 5.99. The van der Waals surface area contributed by atoms with Crippen molar-refractivity contribution in [1.29, 1.82) is 0 Å². The maximum Gasteiger partial charge on any atom is 0.255 e. The average Bonchev–Trinajstić information content (AvgIpc) is 2.87. The molecular formula is C14H17FN2O. The molecule has 2 aliphatic rings. The van der Waals surface area contributed by atoms with E-state index >= 15 is 0 Å². The van der Waals surface area contributed by atoms with E-state index in [1.54, 1.807) is 0 Å². The second kappa shape index (κ2) is 4.26. The van der Waals surface area contributed by atoms with Gasteiger partial charge in [-0.25, -0.2) is 4.39 Å². The Balaban J connectivity index is 1.79. The molecule has 1 saturated carbocycles. The predicted octanol–water partition coefficient (Wildman–Crippen LogP) is 2.28. The first-order valence-electron chi connectivity index (χ1n) is 6.49. The Morgan fingerprint density at radius 1 is 1.28 bits per heavy atom. The Labute approximate surface area is 106 Å². The number of hydrogen-bond donors (Lipinski definition) is 1. The summed E-state index contributed by atoms with van der Waals surface area (Å²) in [4.78, 5) is 14.2. The van der Waals surface area contributed by atoms with Crippen molar-refractivity contribution in [1.82, 2.24) is 4.90 Å². The average molecular weight is 248 g/mol. The van der Waals surface area contributed by atoms with Crippen LogP contribution < -0.4 is 5.73 Å². The third kappa shape index (κ3) is 1.85. The number of hydrogen-bond acceptors (Lipinski definition) is 2. The lowest BCUT2D eigenvalue weighted by Gasteiger charge is -2.18. The van der Waals surface area contributed by atoms with E-state index in [1.807, 2.05) is 4.90 Å². The van der Waals surface area contributed by atoms with Crippen molar-refractivity contribution in [2.45, 2.75) is 19.3 Å². The van der Waals surface area contributed by atoms with Gasteiger partial charge in [0.1, 0.15) is 5.82 Å². The lowest BCUT2D eigenvalue weighted by Crippen LogP contribution is -2.30. The molecule has 96 valence electrons. The molecule has 0 spiro atoms. The first kappa shape index (κ1) is 11.5. The van der Waals surface area contributed by atoms with Gasteiger partial charge in [-0.2, -0.15) is 0 Å². The third-order valence-corrected chi connectivity index (χ3v) is 4.26. The van der Waals surface area contributed by atoms with Crippen LogP contribution in [-0.2, 0) is 0 Å². The quantitative estimate of drug-likeness (QED) is 0.775. The minimum absolute atomic E-state index is 0.0538. The van der Waals surface area contributed by atoms with Crippen LogP contribution in [-0.4, -0.2) is 23.9 Å². The number of benzene rings is 1. The molecule has 2 N–H and O–H groups in total. The summed E-state index contributed by atoms with van der Waals surface area (Å²) in [6, 6.07) is 3.99. The topological polar surface area (TPSA) is 46.3 Å². The number of fused-ring (bicyclic) bond motifs is 1. The third-order valence-electron chi connectivity index (χ3n) is 4.26. The number of anilines is 1. The van der Waals surface area contributed by atoms with Crippen molar-refractivity contribution in [3.05, 3.63) is 29.6 Å². The summed E-state index contributed by atoms with van der Waals surface area (Å²) in [7, 11) is 0. The zero-order valence-corrected chi connectivity index (χ0v) is 10.2. The zero-order valence-electron chi connectivity index (χ0n) is 10.2. The van der Waals surface area contributed by atoms with Crippen molar-refractivity contribution in [2.75, 3.05) is 18.8 Å². The fourth-order valence-corrected chi connectivity index (χ4v) is 3.30. The van der Waals surface area contributed by atoms with Crippen LogP contribution in [0.1, 0.15) is 29.6 Å². The highest BCUT2D eigenvalue weighted by atomic mass is 19.1. The van der Waals surface area contributed by atoms with E-state index in [0.29, 0.717) is 17.4 Å². The van der Waals surface area contributed by atoms with Crippen LogP contribution in [0.2, 0.25) is 0 Å². The molecule has 1 aromatic rings. The Morgan fingerprint density at radius 2 is 1.94 bits per heavy atom. The highest BCUT2D eigenvalue weighted by Gasteiger charge is 2.38. The molecule has 2 unspecified atom stereocenters. The van der Waals surface area contributed by atoms with Crippen molar-refractivity contribution in [3.8, 4) is 0 Å². The van der Waals surface area contributed by atoms with Gasteiger partial charge in [0.05, 0.1) is 5.56 Å². The van der Waals surface area contributed by atoms with Crippen molar-refractivity contribution >= 4 is 11.6 Å². The number of nitrogens with two attached hydrogens (primary N) is 1. The van der Waals surface area contributed by atoms with Crippen LogP contribution >= 0.6 is 0 Å². The highest BCUT2D eigenvalue weighted by Crippen LogP contribution is 2.38. The Kier molecular flexibility index (Phi) is 2.73. The van der Waals surface area contributed by atoms with Crippen molar-refractivity contribution in [3.63, 3.8) is 0 Å². The summed E-state index contributed by atoms with van der Waals surface area (Å²) in [6.07, 6.45) is 3.75. The van der Waals surface area contributed by atoms with Gasteiger partial charge < -0.3 is 10.6 Å². The molecule has 1 aromatic carbocycles. The fraction of sp³-hybridized carbons (Fsp3) is 0.500.